The largest absolute Gasteiger partial charge is 0.493 e. The van der Waals surface area contributed by atoms with Crippen LogP contribution in [0, 0.1) is 6.92 Å². The topological polar surface area (TPSA) is 76.7 Å². The van der Waals surface area contributed by atoms with Crippen LogP contribution in [0.5, 0.6) is 11.5 Å². The number of methoxy groups -OCH3 is 2. The van der Waals surface area contributed by atoms with Gasteiger partial charge in [0.05, 0.1) is 14.2 Å². The van der Waals surface area contributed by atoms with Crippen molar-refractivity contribution >= 4 is 28.8 Å². The first kappa shape index (κ1) is 16.8. The number of hydrogen-bond donors (Lipinski definition) is 2. The van der Waals surface area contributed by atoms with Crippen LogP contribution in [0.3, 0.4) is 0 Å². The summed E-state index contributed by atoms with van der Waals surface area (Å²) in [5, 5.41) is 8.98. The number of hydrogen-bond acceptors (Lipinski definition) is 5. The summed E-state index contributed by atoms with van der Waals surface area (Å²) in [4.78, 5) is 23.8. The van der Waals surface area contributed by atoms with Crippen LogP contribution in [-0.2, 0) is 16.1 Å². The number of amides is 2. The fraction of sp³-hybridized carbons (Fsp3) is 0.250. The van der Waals surface area contributed by atoms with E-state index >= 15 is 0 Å². The smallest absolute Gasteiger partial charge is 0.313 e. The summed E-state index contributed by atoms with van der Waals surface area (Å²) < 4.78 is 10.4. The molecule has 1 aromatic carbocycles. The highest BCUT2D eigenvalue weighted by molar-refractivity contribution is 7.07. The number of anilines is 1. The maximum atomic E-state index is 12.0. The van der Waals surface area contributed by atoms with Gasteiger partial charge in [-0.3, -0.25) is 9.59 Å². The second-order valence-corrected chi connectivity index (χ2v) is 5.57. The maximum Gasteiger partial charge on any atom is 0.313 e. The van der Waals surface area contributed by atoms with Gasteiger partial charge in [0.1, 0.15) is 0 Å². The van der Waals surface area contributed by atoms with Crippen molar-refractivity contribution in [3.8, 4) is 11.5 Å². The van der Waals surface area contributed by atoms with Crippen LogP contribution in [0.4, 0.5) is 5.69 Å². The molecule has 0 atom stereocenters. The second kappa shape index (κ2) is 7.64. The lowest BCUT2D eigenvalue weighted by Crippen LogP contribution is -2.35. The minimum Gasteiger partial charge on any atom is -0.493 e. The molecular weight excluding hydrogens is 316 g/mol. The van der Waals surface area contributed by atoms with Gasteiger partial charge in [-0.1, -0.05) is 0 Å². The van der Waals surface area contributed by atoms with Crippen molar-refractivity contribution < 1.29 is 19.1 Å². The molecule has 0 saturated heterocycles. The number of ether oxygens (including phenoxy) is 2. The standard InChI is InChI=1S/C16H18N2O4S/c1-10-6-13(21-2)14(22-3)7-12(10)18-16(20)15(19)17-8-11-4-5-23-9-11/h4-7,9H,8H2,1-3H3,(H,17,19)(H,18,20). The van der Waals surface area contributed by atoms with Crippen molar-refractivity contribution in [1.29, 1.82) is 0 Å². The average Bonchev–Trinajstić information content (AvgIpc) is 3.07. The fourth-order valence-corrected chi connectivity index (χ4v) is 2.62. The number of rotatable bonds is 5. The first-order chi connectivity index (χ1) is 11.0. The van der Waals surface area contributed by atoms with Gasteiger partial charge >= 0.3 is 11.8 Å². The van der Waals surface area contributed by atoms with E-state index in [1.807, 2.05) is 16.8 Å². The van der Waals surface area contributed by atoms with Crippen LogP contribution < -0.4 is 20.1 Å². The van der Waals surface area contributed by atoms with Gasteiger partial charge in [0.2, 0.25) is 0 Å². The molecule has 0 unspecified atom stereocenters. The molecule has 0 aliphatic carbocycles. The second-order valence-electron chi connectivity index (χ2n) is 4.79. The summed E-state index contributed by atoms with van der Waals surface area (Å²) >= 11 is 1.53. The van der Waals surface area contributed by atoms with E-state index in [9.17, 15) is 9.59 Å². The number of thiophene rings is 1. The zero-order valence-electron chi connectivity index (χ0n) is 13.1. The van der Waals surface area contributed by atoms with Crippen molar-refractivity contribution in [2.75, 3.05) is 19.5 Å². The summed E-state index contributed by atoms with van der Waals surface area (Å²) in [6, 6.07) is 5.25. The monoisotopic (exact) mass is 334 g/mol. The Kier molecular flexibility index (Phi) is 5.59. The third-order valence-electron chi connectivity index (χ3n) is 3.22. The van der Waals surface area contributed by atoms with Gasteiger partial charge in [0.25, 0.3) is 0 Å². The normalized spacial score (nSPS) is 10.0. The Morgan fingerprint density at radius 1 is 1.13 bits per heavy atom. The highest BCUT2D eigenvalue weighted by atomic mass is 32.1. The van der Waals surface area contributed by atoms with Gasteiger partial charge < -0.3 is 20.1 Å². The van der Waals surface area contributed by atoms with Crippen LogP contribution in [-0.4, -0.2) is 26.0 Å². The Balaban J connectivity index is 2.03. The molecule has 0 spiro atoms. The molecule has 2 amide bonds. The molecule has 6 nitrogen and oxygen atoms in total. The van der Waals surface area contributed by atoms with E-state index in [1.165, 1.54) is 25.6 Å². The molecule has 2 aromatic rings. The van der Waals surface area contributed by atoms with Gasteiger partial charge in [-0.2, -0.15) is 11.3 Å². The van der Waals surface area contributed by atoms with Gasteiger partial charge in [-0.05, 0) is 40.9 Å². The Labute approximate surface area is 138 Å². The van der Waals surface area contributed by atoms with Crippen LogP contribution >= 0.6 is 11.3 Å². The Morgan fingerprint density at radius 2 is 1.83 bits per heavy atom. The van der Waals surface area contributed by atoms with E-state index in [0.29, 0.717) is 23.7 Å². The Bertz CT molecular complexity index is 698. The third kappa shape index (κ3) is 4.23. The number of nitrogens with one attached hydrogen (secondary N) is 2. The van der Waals surface area contributed by atoms with Crippen molar-refractivity contribution in [2.45, 2.75) is 13.5 Å². The van der Waals surface area contributed by atoms with E-state index < -0.39 is 11.8 Å². The number of aryl methyl sites for hydroxylation is 1. The lowest BCUT2D eigenvalue weighted by atomic mass is 10.1. The predicted octanol–water partition coefficient (Wildman–Crippen LogP) is 2.33. The molecule has 0 saturated carbocycles. The van der Waals surface area contributed by atoms with E-state index in [2.05, 4.69) is 10.6 Å². The molecule has 2 rings (SSSR count). The Morgan fingerprint density at radius 3 is 2.43 bits per heavy atom. The highest BCUT2D eigenvalue weighted by Gasteiger charge is 2.16. The summed E-state index contributed by atoms with van der Waals surface area (Å²) in [7, 11) is 3.04. The third-order valence-corrected chi connectivity index (χ3v) is 3.95. The molecule has 0 fully saturated rings. The molecule has 0 aliphatic heterocycles. The molecule has 2 N–H and O–H groups in total. The van der Waals surface area contributed by atoms with Crippen molar-refractivity contribution in [3.05, 3.63) is 40.1 Å². The quantitative estimate of drug-likeness (QED) is 0.823. The molecular formula is C16H18N2O4S. The minimum atomic E-state index is -0.726. The van der Waals surface area contributed by atoms with E-state index in [0.717, 1.165) is 11.1 Å². The number of carbonyl (C=O) groups is 2. The first-order valence-electron chi connectivity index (χ1n) is 6.88. The maximum absolute atomic E-state index is 12.0. The Hall–Kier alpha value is -2.54. The summed E-state index contributed by atoms with van der Waals surface area (Å²) in [5.41, 5.74) is 2.22. The summed E-state index contributed by atoms with van der Waals surface area (Å²) in [6.45, 7) is 2.13. The molecule has 23 heavy (non-hydrogen) atoms. The molecule has 1 heterocycles. The first-order valence-corrected chi connectivity index (χ1v) is 7.82. The van der Waals surface area contributed by atoms with E-state index in [-0.39, 0.29) is 0 Å². The zero-order chi connectivity index (χ0) is 16.8. The molecule has 122 valence electrons. The molecule has 7 heteroatoms. The van der Waals surface area contributed by atoms with Crippen molar-refractivity contribution in [3.63, 3.8) is 0 Å². The SMILES string of the molecule is COc1cc(C)c(NC(=O)C(=O)NCc2ccsc2)cc1OC. The van der Waals surface area contributed by atoms with Gasteiger partial charge in [-0.15, -0.1) is 0 Å². The van der Waals surface area contributed by atoms with Crippen LogP contribution in [0.2, 0.25) is 0 Å². The van der Waals surface area contributed by atoms with Crippen molar-refractivity contribution in [1.82, 2.24) is 5.32 Å². The number of carbonyl (C=O) groups excluding carboxylic acids is 2. The van der Waals surface area contributed by atoms with Crippen LogP contribution in [0.15, 0.2) is 29.0 Å². The van der Waals surface area contributed by atoms with Gasteiger partial charge in [-0.25, -0.2) is 0 Å². The average molecular weight is 334 g/mol. The number of benzene rings is 1. The van der Waals surface area contributed by atoms with Crippen LogP contribution in [0.25, 0.3) is 0 Å². The predicted molar refractivity (Wildman–Crippen MR) is 89.1 cm³/mol. The highest BCUT2D eigenvalue weighted by Crippen LogP contribution is 2.32. The van der Waals surface area contributed by atoms with Gasteiger partial charge in [0, 0.05) is 18.3 Å². The summed E-state index contributed by atoms with van der Waals surface area (Å²) in [6.07, 6.45) is 0. The molecule has 0 aliphatic rings. The van der Waals surface area contributed by atoms with E-state index in [1.54, 1.807) is 19.1 Å². The zero-order valence-corrected chi connectivity index (χ0v) is 14.0. The lowest BCUT2D eigenvalue weighted by Gasteiger charge is -2.13. The van der Waals surface area contributed by atoms with Crippen molar-refractivity contribution in [2.24, 2.45) is 0 Å². The molecule has 0 bridgehead atoms. The van der Waals surface area contributed by atoms with Gasteiger partial charge in [0.15, 0.2) is 11.5 Å². The lowest BCUT2D eigenvalue weighted by molar-refractivity contribution is -0.136. The fourth-order valence-electron chi connectivity index (χ4n) is 1.95. The van der Waals surface area contributed by atoms with E-state index in [4.69, 9.17) is 9.47 Å². The van der Waals surface area contributed by atoms with Crippen LogP contribution in [0.1, 0.15) is 11.1 Å². The molecule has 1 aromatic heterocycles. The minimum absolute atomic E-state index is 0.320. The summed E-state index contributed by atoms with van der Waals surface area (Å²) in [5.74, 6) is -0.377. The molecule has 0 radical (unpaired) electrons.